The predicted molar refractivity (Wildman–Crippen MR) is 72.6 cm³/mol. The molecule has 0 atom stereocenters. The van der Waals surface area contributed by atoms with Crippen LogP contribution in [0.2, 0.25) is 0 Å². The molecule has 1 amide bonds. The van der Waals surface area contributed by atoms with E-state index in [0.717, 1.165) is 0 Å². The van der Waals surface area contributed by atoms with Crippen LogP contribution in [0, 0.1) is 5.92 Å². The molecule has 1 fully saturated rings. The van der Waals surface area contributed by atoms with Crippen LogP contribution in [-0.2, 0) is 9.53 Å². The molecule has 0 unspecified atom stereocenters. The van der Waals surface area contributed by atoms with Crippen molar-refractivity contribution in [3.63, 3.8) is 0 Å². The molecule has 6 heteroatoms. The maximum absolute atomic E-state index is 12.2. The average Bonchev–Trinajstić information content (AvgIpc) is 2.46. The highest BCUT2D eigenvalue weighted by Gasteiger charge is 2.28. The van der Waals surface area contributed by atoms with E-state index in [1.165, 1.54) is 7.11 Å². The second-order valence-electron chi connectivity index (χ2n) is 4.46. The summed E-state index contributed by atoms with van der Waals surface area (Å²) < 4.78 is 5.43. The van der Waals surface area contributed by atoms with E-state index in [-0.39, 0.29) is 17.8 Å². The Labute approximate surface area is 120 Å². The zero-order valence-corrected chi connectivity index (χ0v) is 12.2. The molecule has 5 nitrogen and oxygen atoms in total. The van der Waals surface area contributed by atoms with Crippen molar-refractivity contribution in [2.45, 2.75) is 12.8 Å². The van der Waals surface area contributed by atoms with Gasteiger partial charge < -0.3 is 9.64 Å². The molecule has 1 aromatic heterocycles. The highest BCUT2D eigenvalue weighted by atomic mass is 79.9. The van der Waals surface area contributed by atoms with Crippen LogP contribution in [-0.4, -0.2) is 42.0 Å². The zero-order chi connectivity index (χ0) is 13.8. The van der Waals surface area contributed by atoms with Crippen molar-refractivity contribution >= 4 is 27.8 Å². The minimum Gasteiger partial charge on any atom is -0.469 e. The van der Waals surface area contributed by atoms with Crippen LogP contribution in [0.1, 0.15) is 23.2 Å². The van der Waals surface area contributed by atoms with Crippen LogP contribution >= 0.6 is 15.9 Å². The van der Waals surface area contributed by atoms with Gasteiger partial charge in [-0.25, -0.2) is 4.98 Å². The SMILES string of the molecule is COC(=O)C1CCN(C(=O)c2ccc(Br)nc2)CC1. The second-order valence-corrected chi connectivity index (χ2v) is 5.27. The van der Waals surface area contributed by atoms with Gasteiger partial charge in [0.25, 0.3) is 5.91 Å². The highest BCUT2D eigenvalue weighted by Crippen LogP contribution is 2.20. The number of pyridine rings is 1. The van der Waals surface area contributed by atoms with Gasteiger partial charge in [0.05, 0.1) is 18.6 Å². The fourth-order valence-corrected chi connectivity index (χ4v) is 2.40. The molecular weight excluding hydrogens is 312 g/mol. The summed E-state index contributed by atoms with van der Waals surface area (Å²) in [5, 5.41) is 0. The van der Waals surface area contributed by atoms with Gasteiger partial charge in [-0.2, -0.15) is 0 Å². The summed E-state index contributed by atoms with van der Waals surface area (Å²) in [6.45, 7) is 1.16. The van der Waals surface area contributed by atoms with Gasteiger partial charge in [-0.1, -0.05) is 0 Å². The third kappa shape index (κ3) is 3.32. The highest BCUT2D eigenvalue weighted by molar-refractivity contribution is 9.10. The molecule has 1 saturated heterocycles. The standard InChI is InChI=1S/C13H15BrN2O3/c1-19-13(18)9-4-6-16(7-5-9)12(17)10-2-3-11(14)15-8-10/h2-3,8-9H,4-7H2,1H3. The molecular formula is C13H15BrN2O3. The Balaban J connectivity index is 1.96. The van der Waals surface area contributed by atoms with E-state index in [2.05, 4.69) is 20.9 Å². The Morgan fingerprint density at radius 2 is 2.05 bits per heavy atom. The quantitative estimate of drug-likeness (QED) is 0.615. The largest absolute Gasteiger partial charge is 0.469 e. The van der Waals surface area contributed by atoms with Gasteiger partial charge >= 0.3 is 5.97 Å². The number of methoxy groups -OCH3 is 1. The third-order valence-electron chi connectivity index (χ3n) is 3.29. The lowest BCUT2D eigenvalue weighted by molar-refractivity contribution is -0.146. The summed E-state index contributed by atoms with van der Waals surface area (Å²) in [7, 11) is 1.40. The van der Waals surface area contributed by atoms with E-state index in [9.17, 15) is 9.59 Å². The van der Waals surface area contributed by atoms with E-state index < -0.39 is 0 Å². The smallest absolute Gasteiger partial charge is 0.308 e. The van der Waals surface area contributed by atoms with E-state index >= 15 is 0 Å². The summed E-state index contributed by atoms with van der Waals surface area (Å²) >= 11 is 3.23. The summed E-state index contributed by atoms with van der Waals surface area (Å²) in [5.74, 6) is -0.308. The summed E-state index contributed by atoms with van der Waals surface area (Å²) in [4.78, 5) is 29.4. The average molecular weight is 327 g/mol. The third-order valence-corrected chi connectivity index (χ3v) is 3.76. The van der Waals surface area contributed by atoms with E-state index in [1.54, 1.807) is 23.2 Å². The zero-order valence-electron chi connectivity index (χ0n) is 10.6. The summed E-state index contributed by atoms with van der Waals surface area (Å²) in [6.07, 6.45) is 2.86. The number of aromatic nitrogens is 1. The molecule has 0 radical (unpaired) electrons. The lowest BCUT2D eigenvalue weighted by Crippen LogP contribution is -2.40. The molecule has 0 aliphatic carbocycles. The summed E-state index contributed by atoms with van der Waals surface area (Å²) in [6, 6.07) is 3.49. The summed E-state index contributed by atoms with van der Waals surface area (Å²) in [5.41, 5.74) is 0.569. The van der Waals surface area contributed by atoms with Crippen molar-refractivity contribution in [1.82, 2.24) is 9.88 Å². The number of carbonyl (C=O) groups is 2. The van der Waals surface area contributed by atoms with Gasteiger partial charge in [-0.15, -0.1) is 0 Å². The first-order chi connectivity index (χ1) is 9.11. The Morgan fingerprint density at radius 3 is 2.58 bits per heavy atom. The minimum atomic E-state index is -0.183. The molecule has 2 rings (SSSR count). The minimum absolute atomic E-state index is 0.0386. The second kappa shape index (κ2) is 6.14. The van der Waals surface area contributed by atoms with Gasteiger partial charge in [-0.05, 0) is 40.9 Å². The van der Waals surface area contributed by atoms with Crippen molar-refractivity contribution < 1.29 is 14.3 Å². The Kier molecular flexibility index (Phi) is 4.52. The monoisotopic (exact) mass is 326 g/mol. The first-order valence-corrected chi connectivity index (χ1v) is 6.89. The maximum Gasteiger partial charge on any atom is 0.308 e. The Bertz CT molecular complexity index is 467. The van der Waals surface area contributed by atoms with E-state index in [4.69, 9.17) is 4.74 Å². The van der Waals surface area contributed by atoms with Gasteiger partial charge in [0, 0.05) is 19.3 Å². The molecule has 0 N–H and O–H groups in total. The number of hydrogen-bond acceptors (Lipinski definition) is 4. The first-order valence-electron chi connectivity index (χ1n) is 6.10. The van der Waals surface area contributed by atoms with Crippen LogP contribution in [0.3, 0.4) is 0 Å². The first kappa shape index (κ1) is 14.0. The number of hydrogen-bond donors (Lipinski definition) is 0. The number of esters is 1. The van der Waals surface area contributed by atoms with Crippen LogP contribution in [0.15, 0.2) is 22.9 Å². The van der Waals surface area contributed by atoms with Crippen molar-refractivity contribution in [3.8, 4) is 0 Å². The topological polar surface area (TPSA) is 59.5 Å². The van der Waals surface area contributed by atoms with Crippen LogP contribution in [0.5, 0.6) is 0 Å². The number of ether oxygens (including phenoxy) is 1. The van der Waals surface area contributed by atoms with E-state index in [0.29, 0.717) is 36.1 Å². The molecule has 2 heterocycles. The molecule has 0 aromatic carbocycles. The van der Waals surface area contributed by atoms with Crippen molar-refractivity contribution in [2.24, 2.45) is 5.92 Å². The molecule has 19 heavy (non-hydrogen) atoms. The van der Waals surface area contributed by atoms with Gasteiger partial charge in [0.2, 0.25) is 0 Å². The number of likely N-dealkylation sites (tertiary alicyclic amines) is 1. The lowest BCUT2D eigenvalue weighted by Gasteiger charge is -2.30. The van der Waals surface area contributed by atoms with Crippen molar-refractivity contribution in [3.05, 3.63) is 28.5 Å². The molecule has 1 aliphatic heterocycles. The van der Waals surface area contributed by atoms with Gasteiger partial charge in [0.15, 0.2) is 0 Å². The molecule has 0 bridgehead atoms. The number of amides is 1. The van der Waals surface area contributed by atoms with Gasteiger partial charge in [-0.3, -0.25) is 9.59 Å². The fourth-order valence-electron chi connectivity index (χ4n) is 2.17. The molecule has 1 aromatic rings. The predicted octanol–water partition coefficient (Wildman–Crippen LogP) is 1.87. The number of nitrogens with zero attached hydrogens (tertiary/aromatic N) is 2. The van der Waals surface area contributed by atoms with Crippen molar-refractivity contribution in [2.75, 3.05) is 20.2 Å². The van der Waals surface area contributed by atoms with Gasteiger partial charge in [0.1, 0.15) is 4.60 Å². The number of carbonyl (C=O) groups excluding carboxylic acids is 2. The molecule has 102 valence electrons. The number of rotatable bonds is 2. The molecule has 0 saturated carbocycles. The Hall–Kier alpha value is -1.43. The normalized spacial score (nSPS) is 16.2. The van der Waals surface area contributed by atoms with Crippen LogP contribution < -0.4 is 0 Å². The Morgan fingerprint density at radius 1 is 1.37 bits per heavy atom. The van der Waals surface area contributed by atoms with Crippen molar-refractivity contribution in [1.29, 1.82) is 0 Å². The lowest BCUT2D eigenvalue weighted by atomic mass is 9.96. The number of halogens is 1. The number of piperidine rings is 1. The van der Waals surface area contributed by atoms with Crippen LogP contribution in [0.4, 0.5) is 0 Å². The fraction of sp³-hybridized carbons (Fsp3) is 0.462. The van der Waals surface area contributed by atoms with Crippen LogP contribution in [0.25, 0.3) is 0 Å². The molecule has 0 spiro atoms. The van der Waals surface area contributed by atoms with E-state index in [1.807, 2.05) is 0 Å². The maximum atomic E-state index is 12.2. The molecule has 1 aliphatic rings.